The van der Waals surface area contributed by atoms with E-state index in [9.17, 15) is 0 Å². The third kappa shape index (κ3) is 3.66. The fraction of sp³-hybridized carbons (Fsp3) is 0.438. The van der Waals surface area contributed by atoms with Gasteiger partial charge in [-0.05, 0) is 42.8 Å². The van der Waals surface area contributed by atoms with Crippen molar-refractivity contribution in [3.05, 3.63) is 46.2 Å². The van der Waals surface area contributed by atoms with Gasteiger partial charge in [0.1, 0.15) is 5.75 Å². The molecule has 0 spiro atoms. The van der Waals surface area contributed by atoms with Crippen LogP contribution in [0.4, 0.5) is 0 Å². The van der Waals surface area contributed by atoms with Gasteiger partial charge in [-0.3, -0.25) is 4.68 Å². The zero-order valence-corrected chi connectivity index (χ0v) is 14.4. The van der Waals surface area contributed by atoms with Crippen LogP contribution >= 0.6 is 15.9 Å². The minimum atomic E-state index is 0.0912. The van der Waals surface area contributed by atoms with Crippen molar-refractivity contribution < 1.29 is 4.74 Å². The van der Waals surface area contributed by atoms with Crippen LogP contribution in [0.25, 0.3) is 0 Å². The fourth-order valence-electron chi connectivity index (χ4n) is 2.43. The summed E-state index contributed by atoms with van der Waals surface area (Å²) in [6, 6.07) is 8.22. The Hall–Kier alpha value is -1.33. The molecule has 0 saturated carbocycles. The summed E-state index contributed by atoms with van der Waals surface area (Å²) < 4.78 is 8.50. The molecule has 21 heavy (non-hydrogen) atoms. The quantitative estimate of drug-likeness (QED) is 0.825. The van der Waals surface area contributed by atoms with E-state index in [0.717, 1.165) is 35.3 Å². The fourth-order valence-corrected chi connectivity index (χ4v) is 2.91. The van der Waals surface area contributed by atoms with Crippen molar-refractivity contribution in [2.24, 2.45) is 0 Å². The highest BCUT2D eigenvalue weighted by molar-refractivity contribution is 9.10. The highest BCUT2D eigenvalue weighted by atomic mass is 79.9. The van der Waals surface area contributed by atoms with Gasteiger partial charge in [0.2, 0.25) is 0 Å². The average molecular weight is 352 g/mol. The zero-order chi connectivity index (χ0) is 15.2. The van der Waals surface area contributed by atoms with E-state index in [1.165, 1.54) is 5.69 Å². The Labute approximate surface area is 134 Å². The standard InChI is InChI=1S/C16H22BrN3O/c1-4-10-20-15(8-9-19-20)16(18-5-2)13-11-12(21-3)6-7-14(13)17/h6-9,11,16,18H,4-5,10H2,1-3H3. The summed E-state index contributed by atoms with van der Waals surface area (Å²) in [5.41, 5.74) is 2.33. The summed E-state index contributed by atoms with van der Waals surface area (Å²) in [6.07, 6.45) is 2.93. The second-order valence-electron chi connectivity index (χ2n) is 4.86. The van der Waals surface area contributed by atoms with Crippen LogP contribution < -0.4 is 10.1 Å². The first-order chi connectivity index (χ1) is 10.2. The van der Waals surface area contributed by atoms with Gasteiger partial charge in [0.15, 0.2) is 0 Å². The Morgan fingerprint density at radius 2 is 2.14 bits per heavy atom. The number of aromatic nitrogens is 2. The molecule has 1 aromatic carbocycles. The molecule has 0 amide bonds. The first kappa shape index (κ1) is 16.0. The highest BCUT2D eigenvalue weighted by Crippen LogP contribution is 2.31. The van der Waals surface area contributed by atoms with Crippen molar-refractivity contribution in [1.29, 1.82) is 0 Å². The van der Waals surface area contributed by atoms with Gasteiger partial charge < -0.3 is 10.1 Å². The van der Waals surface area contributed by atoms with Gasteiger partial charge >= 0.3 is 0 Å². The van der Waals surface area contributed by atoms with Crippen molar-refractivity contribution in [2.75, 3.05) is 13.7 Å². The maximum atomic E-state index is 5.36. The summed E-state index contributed by atoms with van der Waals surface area (Å²) >= 11 is 3.65. The van der Waals surface area contributed by atoms with E-state index >= 15 is 0 Å². The summed E-state index contributed by atoms with van der Waals surface area (Å²) in [7, 11) is 1.69. The number of nitrogens with one attached hydrogen (secondary N) is 1. The molecule has 0 aliphatic rings. The Kier molecular flexibility index (Phi) is 5.82. The van der Waals surface area contributed by atoms with Crippen LogP contribution in [0.2, 0.25) is 0 Å². The molecule has 1 aromatic heterocycles. The molecule has 0 radical (unpaired) electrons. The lowest BCUT2D eigenvalue weighted by Gasteiger charge is -2.21. The maximum Gasteiger partial charge on any atom is 0.119 e. The van der Waals surface area contributed by atoms with Gasteiger partial charge in [-0.25, -0.2) is 0 Å². The Morgan fingerprint density at radius 3 is 2.81 bits per heavy atom. The van der Waals surface area contributed by atoms with Crippen molar-refractivity contribution in [3.63, 3.8) is 0 Å². The van der Waals surface area contributed by atoms with Crippen LogP contribution in [-0.2, 0) is 6.54 Å². The molecule has 5 heteroatoms. The molecule has 1 N–H and O–H groups in total. The second-order valence-corrected chi connectivity index (χ2v) is 5.71. The molecule has 2 rings (SSSR count). The Balaban J connectivity index is 2.45. The Morgan fingerprint density at radius 1 is 1.33 bits per heavy atom. The van der Waals surface area contributed by atoms with Crippen LogP contribution in [0, 0.1) is 0 Å². The molecule has 4 nitrogen and oxygen atoms in total. The van der Waals surface area contributed by atoms with E-state index in [0.29, 0.717) is 0 Å². The molecule has 1 heterocycles. The first-order valence-corrected chi connectivity index (χ1v) is 8.09. The van der Waals surface area contributed by atoms with Crippen molar-refractivity contribution >= 4 is 15.9 Å². The topological polar surface area (TPSA) is 39.1 Å². The number of rotatable bonds is 7. The average Bonchev–Trinajstić information content (AvgIpc) is 2.94. The number of hydrogen-bond acceptors (Lipinski definition) is 3. The predicted molar refractivity (Wildman–Crippen MR) is 88.7 cm³/mol. The molecular formula is C16H22BrN3O. The van der Waals surface area contributed by atoms with Gasteiger partial charge in [0, 0.05) is 17.2 Å². The summed E-state index contributed by atoms with van der Waals surface area (Å²) in [6.45, 7) is 6.08. The molecule has 1 unspecified atom stereocenters. The van der Waals surface area contributed by atoms with Crippen LogP contribution in [0.3, 0.4) is 0 Å². The van der Waals surface area contributed by atoms with Crippen molar-refractivity contribution in [2.45, 2.75) is 32.9 Å². The number of halogens is 1. The lowest BCUT2D eigenvalue weighted by atomic mass is 10.0. The van der Waals surface area contributed by atoms with E-state index < -0.39 is 0 Å². The lowest BCUT2D eigenvalue weighted by Crippen LogP contribution is -2.25. The zero-order valence-electron chi connectivity index (χ0n) is 12.8. The number of benzene rings is 1. The maximum absolute atomic E-state index is 5.36. The number of nitrogens with zero attached hydrogens (tertiary/aromatic N) is 2. The van der Waals surface area contributed by atoms with Gasteiger partial charge in [0.05, 0.1) is 18.8 Å². The second kappa shape index (κ2) is 7.61. The molecule has 0 bridgehead atoms. The lowest BCUT2D eigenvalue weighted by molar-refractivity contribution is 0.413. The van der Waals surface area contributed by atoms with Gasteiger partial charge in [-0.15, -0.1) is 0 Å². The smallest absolute Gasteiger partial charge is 0.119 e. The van der Waals surface area contributed by atoms with Crippen molar-refractivity contribution in [3.8, 4) is 5.75 Å². The predicted octanol–water partition coefficient (Wildman–Crippen LogP) is 3.76. The van der Waals surface area contributed by atoms with E-state index in [2.05, 4.69) is 57.0 Å². The normalized spacial score (nSPS) is 12.4. The van der Waals surface area contributed by atoms with E-state index in [1.54, 1.807) is 7.11 Å². The number of methoxy groups -OCH3 is 1. The van der Waals surface area contributed by atoms with E-state index in [4.69, 9.17) is 4.74 Å². The van der Waals surface area contributed by atoms with Gasteiger partial charge in [-0.2, -0.15) is 5.10 Å². The summed E-state index contributed by atoms with van der Waals surface area (Å²) in [5, 5.41) is 7.98. The molecule has 0 fully saturated rings. The van der Waals surface area contributed by atoms with Crippen LogP contribution in [0.15, 0.2) is 34.9 Å². The molecule has 1 atom stereocenters. The SMILES string of the molecule is CCCn1nccc1C(NCC)c1cc(OC)ccc1Br. The molecule has 0 aliphatic carbocycles. The summed E-state index contributed by atoms with van der Waals surface area (Å²) in [4.78, 5) is 0. The molecule has 2 aromatic rings. The highest BCUT2D eigenvalue weighted by Gasteiger charge is 2.20. The summed E-state index contributed by atoms with van der Waals surface area (Å²) in [5.74, 6) is 0.859. The Bertz CT molecular complexity index is 583. The molecular weight excluding hydrogens is 330 g/mol. The van der Waals surface area contributed by atoms with Gasteiger partial charge in [-0.1, -0.05) is 29.8 Å². The van der Waals surface area contributed by atoms with E-state index in [1.807, 2.05) is 18.3 Å². The number of ether oxygens (including phenoxy) is 1. The minimum Gasteiger partial charge on any atom is -0.497 e. The first-order valence-electron chi connectivity index (χ1n) is 7.29. The molecule has 0 saturated heterocycles. The molecule has 114 valence electrons. The van der Waals surface area contributed by atoms with Crippen LogP contribution in [-0.4, -0.2) is 23.4 Å². The molecule has 0 aliphatic heterocycles. The monoisotopic (exact) mass is 351 g/mol. The number of aryl methyl sites for hydroxylation is 1. The van der Waals surface area contributed by atoms with E-state index in [-0.39, 0.29) is 6.04 Å². The van der Waals surface area contributed by atoms with Crippen LogP contribution in [0.5, 0.6) is 5.75 Å². The largest absolute Gasteiger partial charge is 0.497 e. The van der Waals surface area contributed by atoms with Gasteiger partial charge in [0.25, 0.3) is 0 Å². The van der Waals surface area contributed by atoms with Crippen LogP contribution in [0.1, 0.15) is 37.6 Å². The third-order valence-electron chi connectivity index (χ3n) is 3.40. The van der Waals surface area contributed by atoms with Crippen molar-refractivity contribution in [1.82, 2.24) is 15.1 Å². The number of hydrogen-bond donors (Lipinski definition) is 1. The third-order valence-corrected chi connectivity index (χ3v) is 4.13. The minimum absolute atomic E-state index is 0.0912.